The van der Waals surface area contributed by atoms with Crippen molar-refractivity contribution in [1.82, 2.24) is 5.32 Å². The molecule has 5 N–H and O–H groups in total. The van der Waals surface area contributed by atoms with Crippen LogP contribution in [0.3, 0.4) is 0 Å². The van der Waals surface area contributed by atoms with Gasteiger partial charge in [0, 0.05) is 50.0 Å². The van der Waals surface area contributed by atoms with E-state index in [0.29, 0.717) is 24.2 Å². The number of phenols is 2. The number of benzene rings is 2. The van der Waals surface area contributed by atoms with Crippen LogP contribution < -0.4 is 5.32 Å². The van der Waals surface area contributed by atoms with E-state index in [2.05, 4.69) is 5.32 Å². The maximum atomic E-state index is 14.1. The van der Waals surface area contributed by atoms with E-state index in [1.54, 1.807) is 7.11 Å². The molecular weight excluding hydrogens is 589 g/mol. The molecule has 2 saturated heterocycles. The number of ether oxygens (including phenoxy) is 3. The first-order valence-corrected chi connectivity index (χ1v) is 15.2. The zero-order valence-corrected chi connectivity index (χ0v) is 26.7. The summed E-state index contributed by atoms with van der Waals surface area (Å²) >= 11 is 0. The molecule has 4 aliphatic rings. The summed E-state index contributed by atoms with van der Waals surface area (Å²) in [4.78, 5) is 37.3. The Morgan fingerprint density at radius 1 is 0.978 bits per heavy atom. The molecule has 0 saturated carbocycles. The number of halogens is 1. The molecule has 6 rings (SSSR count). The van der Waals surface area contributed by atoms with Crippen molar-refractivity contribution in [2.45, 2.75) is 71.8 Å². The number of methoxy groups -OCH3 is 1. The molecule has 2 aliphatic carbocycles. The lowest BCUT2D eigenvalue weighted by Gasteiger charge is -2.28. The highest BCUT2D eigenvalue weighted by molar-refractivity contribution is 6.30. The fraction of sp³-hybridized carbons (Fsp3) is 0.545. The van der Waals surface area contributed by atoms with E-state index in [1.165, 1.54) is 19.1 Å². The molecule has 2 aromatic carbocycles. The Labute approximate surface area is 263 Å². The summed E-state index contributed by atoms with van der Waals surface area (Å²) < 4.78 is 29.0. The van der Waals surface area contributed by atoms with Crippen molar-refractivity contribution in [2.75, 3.05) is 40.6 Å². The third kappa shape index (κ3) is 9.15. The Morgan fingerprint density at radius 3 is 2.16 bits per heavy atom. The number of nitrogens with one attached hydrogen (secondary N) is 1. The van der Waals surface area contributed by atoms with Gasteiger partial charge in [0.05, 0.1) is 29.9 Å². The fourth-order valence-electron chi connectivity index (χ4n) is 5.39. The predicted octanol–water partition coefficient (Wildman–Crippen LogP) is 3.42. The molecule has 12 heteroatoms. The van der Waals surface area contributed by atoms with Crippen LogP contribution in [0.4, 0.5) is 4.39 Å². The molecule has 0 amide bonds. The van der Waals surface area contributed by atoms with Crippen molar-refractivity contribution >= 4 is 17.3 Å². The number of Topliss-reactive ketones (excluding diaryl/α,β-unsaturated/α-hetero) is 1. The number of aliphatic hydroxyl groups is 2. The topological polar surface area (TPSA) is 172 Å². The largest absolute Gasteiger partial charge is 0.507 e. The van der Waals surface area contributed by atoms with Crippen LogP contribution in [0.5, 0.6) is 11.5 Å². The summed E-state index contributed by atoms with van der Waals surface area (Å²) in [5.74, 6) is -3.53. The molecule has 3 atom stereocenters. The Morgan fingerprint density at radius 2 is 1.64 bits per heavy atom. The first-order chi connectivity index (χ1) is 21.6. The van der Waals surface area contributed by atoms with E-state index in [9.17, 15) is 29.0 Å². The van der Waals surface area contributed by atoms with Gasteiger partial charge in [-0.05, 0) is 51.5 Å². The molecule has 2 fully saturated rings. The summed E-state index contributed by atoms with van der Waals surface area (Å²) in [5, 5.41) is 40.1. The molecule has 2 heterocycles. The summed E-state index contributed by atoms with van der Waals surface area (Å²) in [5.41, 5.74) is -0.541. The third-order valence-corrected chi connectivity index (χ3v) is 7.70. The van der Waals surface area contributed by atoms with Crippen molar-refractivity contribution in [3.05, 3.63) is 57.4 Å². The van der Waals surface area contributed by atoms with Gasteiger partial charge >= 0.3 is 0 Å². The molecule has 250 valence electrons. The average molecular weight is 636 g/mol. The van der Waals surface area contributed by atoms with Crippen molar-refractivity contribution in [1.29, 1.82) is 0 Å². The minimum Gasteiger partial charge on any atom is -0.507 e. The van der Waals surface area contributed by atoms with Gasteiger partial charge in [0.1, 0.15) is 29.3 Å². The smallest absolute Gasteiger partial charge is 0.201 e. The van der Waals surface area contributed by atoms with Gasteiger partial charge < -0.3 is 34.6 Å². The van der Waals surface area contributed by atoms with Gasteiger partial charge in [-0.3, -0.25) is 19.7 Å². The average Bonchev–Trinajstić information content (AvgIpc) is 3.08. The van der Waals surface area contributed by atoms with Crippen LogP contribution in [0.15, 0.2) is 18.2 Å². The highest BCUT2D eigenvalue weighted by atomic mass is 19.1. The summed E-state index contributed by atoms with van der Waals surface area (Å²) in [6.45, 7) is 8.58. The van der Waals surface area contributed by atoms with Gasteiger partial charge in [0.25, 0.3) is 0 Å². The van der Waals surface area contributed by atoms with E-state index in [0.717, 1.165) is 52.2 Å². The van der Waals surface area contributed by atoms with Crippen LogP contribution in [-0.2, 0) is 31.8 Å². The maximum Gasteiger partial charge on any atom is 0.201 e. The number of carbonyl (C=O) groups excluding carboxylic acids is 3. The molecule has 0 spiro atoms. The van der Waals surface area contributed by atoms with Gasteiger partial charge in [0.15, 0.2) is 12.1 Å². The molecule has 0 aromatic heterocycles. The number of hydrogen-bond acceptors (Lipinski definition) is 11. The van der Waals surface area contributed by atoms with E-state index in [-0.39, 0.29) is 47.5 Å². The predicted molar refractivity (Wildman–Crippen MR) is 164 cm³/mol. The second-order valence-corrected chi connectivity index (χ2v) is 10.3. The molecule has 2 aliphatic heterocycles. The van der Waals surface area contributed by atoms with Crippen LogP contribution in [0, 0.1) is 11.7 Å². The SMILES string of the molecule is CC.CC(=O)[C@H]1CCc2c(O)c3c(c(O)c2C1)C(=O)c1cccc(F)c1C3=O.CO.COC1COCCN1.OC1CCCCO1. The molecule has 0 radical (unpaired) electrons. The lowest BCUT2D eigenvalue weighted by Crippen LogP contribution is -2.42. The lowest BCUT2D eigenvalue weighted by atomic mass is 9.75. The maximum absolute atomic E-state index is 14.1. The quantitative estimate of drug-likeness (QED) is 0.261. The number of carbonyl (C=O) groups is 3. The van der Waals surface area contributed by atoms with E-state index >= 15 is 0 Å². The number of aliphatic hydroxyl groups excluding tert-OH is 2. The van der Waals surface area contributed by atoms with Crippen molar-refractivity contribution in [2.24, 2.45) is 5.92 Å². The van der Waals surface area contributed by atoms with Crippen LogP contribution in [0.2, 0.25) is 0 Å². The van der Waals surface area contributed by atoms with E-state index in [1.807, 2.05) is 13.8 Å². The summed E-state index contributed by atoms with van der Waals surface area (Å²) in [7, 11) is 2.67. The minimum absolute atomic E-state index is 0.0397. The monoisotopic (exact) mass is 635 g/mol. The van der Waals surface area contributed by atoms with Gasteiger partial charge in [-0.25, -0.2) is 4.39 Å². The molecular formula is C33H46FNO10. The lowest BCUT2D eigenvalue weighted by molar-refractivity contribution is -0.123. The molecule has 45 heavy (non-hydrogen) atoms. The minimum atomic E-state index is -0.847. The Bertz CT molecular complexity index is 1300. The number of morpholine rings is 1. The van der Waals surface area contributed by atoms with Gasteiger partial charge in [0.2, 0.25) is 5.78 Å². The zero-order valence-electron chi connectivity index (χ0n) is 26.7. The highest BCUT2D eigenvalue weighted by Gasteiger charge is 2.40. The van der Waals surface area contributed by atoms with Crippen LogP contribution in [0.1, 0.15) is 89.4 Å². The highest BCUT2D eigenvalue weighted by Crippen LogP contribution is 2.46. The van der Waals surface area contributed by atoms with Crippen molar-refractivity contribution in [3.8, 4) is 11.5 Å². The number of ketones is 3. The van der Waals surface area contributed by atoms with Gasteiger partial charge in [-0.15, -0.1) is 0 Å². The van der Waals surface area contributed by atoms with E-state index in [4.69, 9.17) is 24.4 Å². The summed E-state index contributed by atoms with van der Waals surface area (Å²) in [6, 6.07) is 3.70. The molecule has 2 unspecified atom stereocenters. The Kier molecular flexibility index (Phi) is 15.7. The Balaban J connectivity index is 0.000000303. The first-order valence-electron chi connectivity index (χ1n) is 15.2. The van der Waals surface area contributed by atoms with E-state index < -0.39 is 40.7 Å². The van der Waals surface area contributed by atoms with Crippen molar-refractivity contribution < 1.29 is 53.4 Å². The molecule has 2 aromatic rings. The Hall–Kier alpha value is -3.26. The van der Waals surface area contributed by atoms with Crippen LogP contribution in [-0.4, -0.2) is 90.9 Å². The molecule has 11 nitrogen and oxygen atoms in total. The zero-order chi connectivity index (χ0) is 33.7. The van der Waals surface area contributed by atoms with Gasteiger partial charge in [-0.2, -0.15) is 0 Å². The van der Waals surface area contributed by atoms with Gasteiger partial charge in [-0.1, -0.05) is 26.0 Å². The van der Waals surface area contributed by atoms with Crippen LogP contribution >= 0.6 is 0 Å². The first kappa shape index (κ1) is 37.9. The van der Waals surface area contributed by atoms with Crippen molar-refractivity contribution in [3.63, 3.8) is 0 Å². The van der Waals surface area contributed by atoms with Crippen LogP contribution in [0.25, 0.3) is 0 Å². The number of phenolic OH excluding ortho intramolecular Hbond substituents is 2. The third-order valence-electron chi connectivity index (χ3n) is 7.70. The number of hydrogen-bond donors (Lipinski definition) is 5. The second-order valence-electron chi connectivity index (χ2n) is 10.3. The molecule has 0 bridgehead atoms. The number of fused-ring (bicyclic) bond motifs is 3. The fourth-order valence-corrected chi connectivity index (χ4v) is 5.39. The standard InChI is InChI=1S/C20H15FO5.C5H11NO2.C5H10O2.C2H6.CH4O/c1-8(22)9-5-6-10-12(7-9)19(25)15-16(17(10)23)20(26)14-11(18(15)24)3-2-4-13(14)21;1-7-5-4-8-3-2-6-5;6-5-3-1-2-4-7-5;2*1-2/h2-4,9,23,25H,5-7H2,1H3;5-6H,2-4H2,1H3;5-6H,1-4H2;1-2H3;2H,1H3/t9-;;;;/m0..../s1. The normalized spacial score (nSPS) is 21.3. The second kappa shape index (κ2) is 18.6. The summed E-state index contributed by atoms with van der Waals surface area (Å²) in [6.07, 6.45) is 3.64. The number of aromatic hydroxyl groups is 2. The number of rotatable bonds is 2.